The van der Waals surface area contributed by atoms with Crippen LogP contribution in [0.25, 0.3) is 5.69 Å². The number of rotatable bonds is 5. The summed E-state index contributed by atoms with van der Waals surface area (Å²) in [6, 6.07) is 10.7. The maximum atomic E-state index is 5.49. The van der Waals surface area contributed by atoms with Crippen molar-refractivity contribution >= 4 is 5.82 Å². The Kier molecular flexibility index (Phi) is 4.86. The van der Waals surface area contributed by atoms with E-state index >= 15 is 0 Å². The smallest absolute Gasteiger partial charge is 0.151 e. The van der Waals surface area contributed by atoms with Gasteiger partial charge in [0.25, 0.3) is 0 Å². The predicted octanol–water partition coefficient (Wildman–Crippen LogP) is 2.80. The number of hydrogen-bond donors (Lipinski definition) is 0. The van der Waals surface area contributed by atoms with Crippen LogP contribution in [0.4, 0.5) is 5.82 Å². The first-order valence-electron chi connectivity index (χ1n) is 8.37. The zero-order valence-corrected chi connectivity index (χ0v) is 14.3. The Morgan fingerprint density at radius 1 is 1.17 bits per heavy atom. The minimum absolute atomic E-state index is 0.579. The van der Waals surface area contributed by atoms with Crippen LogP contribution in [-0.2, 0) is 0 Å². The minimum atomic E-state index is 0.579. The van der Waals surface area contributed by atoms with E-state index in [1.54, 1.807) is 0 Å². The molecule has 5 heteroatoms. The Hall–Kier alpha value is -2.01. The summed E-state index contributed by atoms with van der Waals surface area (Å²) in [7, 11) is 4.34. The SMILES string of the molecule is CCOc1ccc(-n2ccc(N(C)C3CCN(C)CC3)n2)cc1. The molecule has 1 aromatic heterocycles. The quantitative estimate of drug-likeness (QED) is 0.850. The summed E-state index contributed by atoms with van der Waals surface area (Å²) in [6.45, 7) is 5.00. The van der Waals surface area contributed by atoms with Crippen LogP contribution in [0.5, 0.6) is 5.75 Å². The highest BCUT2D eigenvalue weighted by molar-refractivity contribution is 5.42. The van der Waals surface area contributed by atoms with E-state index in [4.69, 9.17) is 9.84 Å². The Morgan fingerprint density at radius 3 is 2.52 bits per heavy atom. The van der Waals surface area contributed by atoms with Crippen molar-refractivity contribution in [2.75, 3.05) is 38.7 Å². The van der Waals surface area contributed by atoms with Crippen molar-refractivity contribution in [1.82, 2.24) is 14.7 Å². The molecule has 23 heavy (non-hydrogen) atoms. The van der Waals surface area contributed by atoms with E-state index in [2.05, 4.69) is 30.0 Å². The van der Waals surface area contributed by atoms with Crippen LogP contribution in [0.1, 0.15) is 19.8 Å². The van der Waals surface area contributed by atoms with Gasteiger partial charge in [-0.2, -0.15) is 5.10 Å². The van der Waals surface area contributed by atoms with Crippen molar-refractivity contribution in [2.24, 2.45) is 0 Å². The van der Waals surface area contributed by atoms with Crippen molar-refractivity contribution < 1.29 is 4.74 Å². The van der Waals surface area contributed by atoms with Gasteiger partial charge in [-0.25, -0.2) is 4.68 Å². The van der Waals surface area contributed by atoms with Crippen LogP contribution in [0.3, 0.4) is 0 Å². The molecule has 1 aliphatic rings. The lowest BCUT2D eigenvalue weighted by atomic mass is 10.0. The third kappa shape index (κ3) is 3.67. The zero-order chi connectivity index (χ0) is 16.2. The normalized spacial score (nSPS) is 16.5. The number of likely N-dealkylation sites (tertiary alicyclic amines) is 1. The second-order valence-corrected chi connectivity index (χ2v) is 6.19. The summed E-state index contributed by atoms with van der Waals surface area (Å²) in [5.74, 6) is 1.93. The fourth-order valence-corrected chi connectivity index (χ4v) is 3.08. The molecule has 0 unspecified atom stereocenters. The third-order valence-electron chi connectivity index (χ3n) is 4.58. The highest BCUT2D eigenvalue weighted by Gasteiger charge is 2.22. The largest absolute Gasteiger partial charge is 0.494 e. The summed E-state index contributed by atoms with van der Waals surface area (Å²) >= 11 is 0. The lowest BCUT2D eigenvalue weighted by Crippen LogP contribution is -2.42. The Bertz CT molecular complexity index is 614. The molecule has 1 saturated heterocycles. The first-order chi connectivity index (χ1) is 11.2. The number of benzene rings is 1. The summed E-state index contributed by atoms with van der Waals surface area (Å²) in [4.78, 5) is 4.71. The van der Waals surface area contributed by atoms with Crippen LogP contribution >= 0.6 is 0 Å². The molecular weight excluding hydrogens is 288 g/mol. The Balaban J connectivity index is 1.69. The van der Waals surface area contributed by atoms with Gasteiger partial charge in [0, 0.05) is 25.4 Å². The molecule has 3 rings (SSSR count). The monoisotopic (exact) mass is 314 g/mol. The number of piperidine rings is 1. The van der Waals surface area contributed by atoms with Crippen LogP contribution in [0.15, 0.2) is 36.5 Å². The maximum Gasteiger partial charge on any atom is 0.151 e. The van der Waals surface area contributed by atoms with Crippen LogP contribution in [-0.4, -0.2) is 54.5 Å². The number of ether oxygens (including phenoxy) is 1. The second-order valence-electron chi connectivity index (χ2n) is 6.19. The number of nitrogens with zero attached hydrogens (tertiary/aromatic N) is 4. The molecule has 0 aliphatic carbocycles. The fourth-order valence-electron chi connectivity index (χ4n) is 3.08. The molecule has 0 radical (unpaired) electrons. The summed E-state index contributed by atoms with van der Waals surface area (Å²) in [6.07, 6.45) is 4.42. The predicted molar refractivity (Wildman–Crippen MR) is 93.7 cm³/mol. The van der Waals surface area contributed by atoms with Crippen LogP contribution in [0.2, 0.25) is 0 Å². The first-order valence-corrected chi connectivity index (χ1v) is 8.37. The van der Waals surface area contributed by atoms with Crippen molar-refractivity contribution in [3.63, 3.8) is 0 Å². The van der Waals surface area contributed by atoms with Gasteiger partial charge < -0.3 is 14.5 Å². The minimum Gasteiger partial charge on any atom is -0.494 e. The van der Waals surface area contributed by atoms with Crippen molar-refractivity contribution in [1.29, 1.82) is 0 Å². The van der Waals surface area contributed by atoms with Crippen LogP contribution < -0.4 is 9.64 Å². The molecule has 5 nitrogen and oxygen atoms in total. The topological polar surface area (TPSA) is 33.5 Å². The van der Waals surface area contributed by atoms with Crippen molar-refractivity contribution in [3.05, 3.63) is 36.5 Å². The van der Waals surface area contributed by atoms with Gasteiger partial charge in [-0.1, -0.05) is 0 Å². The van der Waals surface area contributed by atoms with E-state index in [1.807, 2.05) is 42.1 Å². The van der Waals surface area contributed by atoms with Gasteiger partial charge >= 0.3 is 0 Å². The fraction of sp³-hybridized carbons (Fsp3) is 0.500. The van der Waals surface area contributed by atoms with Gasteiger partial charge in [-0.05, 0) is 64.2 Å². The van der Waals surface area contributed by atoms with E-state index < -0.39 is 0 Å². The molecular formula is C18H26N4O. The second kappa shape index (κ2) is 7.04. The first kappa shape index (κ1) is 15.9. The molecule has 1 aromatic carbocycles. The molecule has 124 valence electrons. The molecule has 2 heterocycles. The van der Waals surface area contributed by atoms with Crippen LogP contribution in [0, 0.1) is 0 Å². The molecule has 0 N–H and O–H groups in total. The van der Waals surface area contributed by atoms with Gasteiger partial charge in [0.15, 0.2) is 5.82 Å². The van der Waals surface area contributed by atoms with Gasteiger partial charge in [-0.3, -0.25) is 0 Å². The van der Waals surface area contributed by atoms with Crippen molar-refractivity contribution in [2.45, 2.75) is 25.8 Å². The number of hydrogen-bond acceptors (Lipinski definition) is 4. The van der Waals surface area contributed by atoms with Gasteiger partial charge in [0.05, 0.1) is 12.3 Å². The Labute approximate surface area is 138 Å². The van der Waals surface area contributed by atoms with E-state index in [1.165, 1.54) is 12.8 Å². The van der Waals surface area contributed by atoms with Crippen molar-refractivity contribution in [3.8, 4) is 11.4 Å². The van der Waals surface area contributed by atoms with Gasteiger partial charge in [-0.15, -0.1) is 0 Å². The maximum absolute atomic E-state index is 5.49. The van der Waals surface area contributed by atoms with E-state index in [9.17, 15) is 0 Å². The molecule has 1 aliphatic heterocycles. The highest BCUT2D eigenvalue weighted by atomic mass is 16.5. The average Bonchev–Trinajstić information content (AvgIpc) is 3.06. The van der Waals surface area contributed by atoms with E-state index in [-0.39, 0.29) is 0 Å². The lowest BCUT2D eigenvalue weighted by molar-refractivity contribution is 0.252. The molecule has 0 amide bonds. The molecule has 2 aromatic rings. The molecule has 0 atom stereocenters. The molecule has 1 fully saturated rings. The molecule has 0 saturated carbocycles. The summed E-state index contributed by atoms with van der Waals surface area (Å²) < 4.78 is 7.41. The highest BCUT2D eigenvalue weighted by Crippen LogP contribution is 2.22. The Morgan fingerprint density at radius 2 is 1.87 bits per heavy atom. The lowest BCUT2D eigenvalue weighted by Gasteiger charge is -2.35. The van der Waals surface area contributed by atoms with Gasteiger partial charge in [0.2, 0.25) is 0 Å². The number of anilines is 1. The number of aromatic nitrogens is 2. The van der Waals surface area contributed by atoms with E-state index in [0.717, 1.165) is 30.3 Å². The standard InChI is InChI=1S/C18H26N4O/c1-4-23-17-7-5-16(6-8-17)22-14-11-18(19-22)21(3)15-9-12-20(2)13-10-15/h5-8,11,14-15H,4,9-10,12-13H2,1-3H3. The summed E-state index contributed by atoms with van der Waals surface area (Å²) in [5, 5.41) is 4.74. The molecule has 0 bridgehead atoms. The third-order valence-corrected chi connectivity index (χ3v) is 4.58. The average molecular weight is 314 g/mol. The molecule has 0 spiro atoms. The summed E-state index contributed by atoms with van der Waals surface area (Å²) in [5.41, 5.74) is 1.05. The van der Waals surface area contributed by atoms with Gasteiger partial charge in [0.1, 0.15) is 5.75 Å². The zero-order valence-electron chi connectivity index (χ0n) is 14.3. The van der Waals surface area contributed by atoms with E-state index in [0.29, 0.717) is 12.6 Å².